The minimum Gasteiger partial charge on any atom is -0.351 e. The predicted octanol–water partition coefficient (Wildman–Crippen LogP) is -0.431. The molecule has 1 rings (SSSR count). The van der Waals surface area contributed by atoms with E-state index in [1.54, 1.807) is 0 Å². The van der Waals surface area contributed by atoms with Gasteiger partial charge in [-0.3, -0.25) is 0 Å². The lowest BCUT2D eigenvalue weighted by Gasteiger charge is -2.31. The van der Waals surface area contributed by atoms with Crippen LogP contribution in [0.1, 0.15) is 0 Å². The summed E-state index contributed by atoms with van der Waals surface area (Å²) in [6.07, 6.45) is 0. The highest BCUT2D eigenvalue weighted by molar-refractivity contribution is 5.76. The van der Waals surface area contributed by atoms with Gasteiger partial charge in [0.25, 0.3) is 0 Å². The van der Waals surface area contributed by atoms with Gasteiger partial charge in [0, 0.05) is 31.4 Å². The summed E-state index contributed by atoms with van der Waals surface area (Å²) in [6, 6.07) is -1.30. The summed E-state index contributed by atoms with van der Waals surface area (Å²) in [5.41, 5.74) is 5.02. The molecule has 0 saturated carbocycles. The molecule has 0 aromatic heterocycles. The molecule has 1 heterocycles. The number of piperazine rings is 1. The number of amides is 4. The van der Waals surface area contributed by atoms with Gasteiger partial charge in [-0.15, -0.1) is 4.91 Å². The predicted molar refractivity (Wildman–Crippen MR) is 43.9 cm³/mol. The quantitative estimate of drug-likeness (QED) is 0.520. The van der Waals surface area contributed by atoms with Crippen molar-refractivity contribution in [2.45, 2.75) is 0 Å². The highest BCUT2D eigenvalue weighted by atomic mass is 16.3. The monoisotopic (exact) mass is 186 g/mol. The lowest BCUT2D eigenvalue weighted by molar-refractivity contribution is 0.152. The zero-order valence-electron chi connectivity index (χ0n) is 6.97. The van der Waals surface area contributed by atoms with Gasteiger partial charge in [-0.05, 0) is 0 Å². The first-order chi connectivity index (χ1) is 6.15. The van der Waals surface area contributed by atoms with Crippen molar-refractivity contribution in [1.82, 2.24) is 9.80 Å². The van der Waals surface area contributed by atoms with Gasteiger partial charge in [0.05, 0.1) is 0 Å². The highest BCUT2D eigenvalue weighted by Crippen LogP contribution is 2.02. The second-order valence-electron chi connectivity index (χ2n) is 2.69. The van der Waals surface area contributed by atoms with Crippen LogP contribution in [-0.2, 0) is 0 Å². The minimum atomic E-state index is -0.788. The largest absolute Gasteiger partial charge is 0.381 e. The molecule has 13 heavy (non-hydrogen) atoms. The van der Waals surface area contributed by atoms with Crippen LogP contribution in [0.5, 0.6) is 0 Å². The Kier molecular flexibility index (Phi) is 2.78. The smallest absolute Gasteiger partial charge is 0.351 e. The molecule has 0 radical (unpaired) electrons. The summed E-state index contributed by atoms with van der Waals surface area (Å²) in [5, 5.41) is 2.28. The van der Waals surface area contributed by atoms with E-state index in [-0.39, 0.29) is 0 Å². The van der Waals surface area contributed by atoms with Crippen molar-refractivity contribution in [2.24, 2.45) is 10.9 Å². The van der Waals surface area contributed by atoms with Gasteiger partial charge in [-0.1, -0.05) is 0 Å². The van der Waals surface area contributed by atoms with Crippen LogP contribution >= 0.6 is 0 Å². The van der Waals surface area contributed by atoms with Gasteiger partial charge in [0.2, 0.25) is 0 Å². The Morgan fingerprint density at radius 2 is 1.54 bits per heavy atom. The first kappa shape index (κ1) is 9.43. The summed E-state index contributed by atoms with van der Waals surface area (Å²) in [4.78, 5) is 34.0. The van der Waals surface area contributed by atoms with E-state index in [2.05, 4.69) is 5.18 Å². The molecule has 0 aromatic carbocycles. The van der Waals surface area contributed by atoms with E-state index in [1.807, 2.05) is 0 Å². The summed E-state index contributed by atoms with van der Waals surface area (Å²) in [5.74, 6) is 0. The molecule has 1 saturated heterocycles. The van der Waals surface area contributed by atoms with E-state index in [0.29, 0.717) is 26.2 Å². The van der Waals surface area contributed by atoms with Gasteiger partial charge in [0.1, 0.15) is 0 Å². The Balaban J connectivity index is 2.43. The SMILES string of the molecule is NC(=O)N1CCN(C(=O)N=O)CC1. The molecule has 72 valence electrons. The molecule has 1 fully saturated rings. The molecule has 7 nitrogen and oxygen atoms in total. The van der Waals surface area contributed by atoms with E-state index in [0.717, 1.165) is 0 Å². The summed E-state index contributed by atoms with van der Waals surface area (Å²) in [6.45, 7) is 1.34. The highest BCUT2D eigenvalue weighted by Gasteiger charge is 2.22. The molecule has 0 aliphatic carbocycles. The molecule has 4 amide bonds. The van der Waals surface area contributed by atoms with E-state index >= 15 is 0 Å². The fourth-order valence-electron chi connectivity index (χ4n) is 1.18. The molecule has 0 atom stereocenters. The van der Waals surface area contributed by atoms with Crippen LogP contribution in [0, 0.1) is 4.91 Å². The molecule has 0 unspecified atom stereocenters. The molecule has 1 aliphatic heterocycles. The van der Waals surface area contributed by atoms with Crippen LogP contribution in [0.15, 0.2) is 5.18 Å². The van der Waals surface area contributed by atoms with Crippen molar-refractivity contribution < 1.29 is 9.59 Å². The Bertz CT molecular complexity index is 234. The number of carbonyl (C=O) groups excluding carboxylic acids is 2. The van der Waals surface area contributed by atoms with Crippen LogP contribution in [0.25, 0.3) is 0 Å². The molecule has 2 N–H and O–H groups in total. The zero-order valence-corrected chi connectivity index (χ0v) is 6.97. The maximum atomic E-state index is 10.8. The van der Waals surface area contributed by atoms with Gasteiger partial charge in [-0.2, -0.15) is 0 Å². The maximum Gasteiger partial charge on any atom is 0.381 e. The first-order valence-corrected chi connectivity index (χ1v) is 3.82. The Morgan fingerprint density at radius 1 is 1.08 bits per heavy atom. The van der Waals surface area contributed by atoms with Crippen LogP contribution in [-0.4, -0.2) is 48.0 Å². The molecular weight excluding hydrogens is 176 g/mol. The van der Waals surface area contributed by atoms with E-state index < -0.39 is 12.1 Å². The van der Waals surface area contributed by atoms with Gasteiger partial charge < -0.3 is 15.5 Å². The molecule has 1 aliphatic rings. The van der Waals surface area contributed by atoms with E-state index in [9.17, 15) is 14.5 Å². The number of primary amides is 1. The molecule has 0 aromatic rings. The van der Waals surface area contributed by atoms with Gasteiger partial charge in [0.15, 0.2) is 0 Å². The first-order valence-electron chi connectivity index (χ1n) is 3.82. The number of rotatable bonds is 0. The second kappa shape index (κ2) is 3.83. The lowest BCUT2D eigenvalue weighted by Crippen LogP contribution is -2.51. The normalized spacial score (nSPS) is 16.9. The number of nitrogens with zero attached hydrogens (tertiary/aromatic N) is 3. The standard InChI is InChI=1S/C6H10N4O3/c7-5(11)9-1-3-10(4-2-9)6(12)8-13/h1-4H2,(H2,7,11). The van der Waals surface area contributed by atoms with Crippen molar-refractivity contribution in [3.05, 3.63) is 4.91 Å². The molecule has 0 spiro atoms. The van der Waals surface area contributed by atoms with Crippen molar-refractivity contribution in [3.63, 3.8) is 0 Å². The Morgan fingerprint density at radius 3 is 1.92 bits per heavy atom. The third-order valence-electron chi connectivity index (χ3n) is 1.94. The third kappa shape index (κ3) is 2.14. The van der Waals surface area contributed by atoms with Crippen LogP contribution in [0.2, 0.25) is 0 Å². The number of nitroso groups, excluding NO2 is 1. The number of hydrogen-bond donors (Lipinski definition) is 1. The van der Waals surface area contributed by atoms with Gasteiger partial charge in [-0.25, -0.2) is 9.59 Å². The van der Waals surface area contributed by atoms with E-state index in [4.69, 9.17) is 5.73 Å². The second-order valence-corrected chi connectivity index (χ2v) is 2.69. The summed E-state index contributed by atoms with van der Waals surface area (Å²) in [7, 11) is 0. The minimum absolute atomic E-state index is 0.313. The maximum absolute atomic E-state index is 10.8. The average molecular weight is 186 g/mol. The van der Waals surface area contributed by atoms with Crippen LogP contribution in [0.4, 0.5) is 9.59 Å². The average Bonchev–Trinajstić information content (AvgIpc) is 2.17. The van der Waals surface area contributed by atoms with Crippen LogP contribution < -0.4 is 5.73 Å². The zero-order chi connectivity index (χ0) is 9.84. The fourth-order valence-corrected chi connectivity index (χ4v) is 1.18. The molecule has 7 heteroatoms. The van der Waals surface area contributed by atoms with Crippen molar-refractivity contribution >= 4 is 12.1 Å². The van der Waals surface area contributed by atoms with E-state index in [1.165, 1.54) is 9.80 Å². The third-order valence-corrected chi connectivity index (χ3v) is 1.94. The number of nitrogens with two attached hydrogens (primary N) is 1. The van der Waals surface area contributed by atoms with Crippen molar-refractivity contribution in [3.8, 4) is 0 Å². The Labute approximate surface area is 74.4 Å². The Hall–Kier alpha value is -1.66. The van der Waals surface area contributed by atoms with Crippen LogP contribution in [0.3, 0.4) is 0 Å². The lowest BCUT2D eigenvalue weighted by atomic mass is 10.3. The number of carbonyl (C=O) groups is 2. The topological polar surface area (TPSA) is 96.1 Å². The summed E-state index contributed by atoms with van der Waals surface area (Å²) < 4.78 is 0. The molecule has 0 bridgehead atoms. The fraction of sp³-hybridized carbons (Fsp3) is 0.667. The van der Waals surface area contributed by atoms with Gasteiger partial charge >= 0.3 is 12.1 Å². The molecular formula is C6H10N4O3. The summed E-state index contributed by atoms with van der Waals surface area (Å²) >= 11 is 0. The van der Waals surface area contributed by atoms with Crippen molar-refractivity contribution in [1.29, 1.82) is 0 Å². The number of hydrogen-bond acceptors (Lipinski definition) is 3. The number of urea groups is 2. The van der Waals surface area contributed by atoms with Crippen molar-refractivity contribution in [2.75, 3.05) is 26.2 Å².